The molecule has 3 nitrogen and oxygen atoms in total. The molecule has 3 heteroatoms. The van der Waals surface area contributed by atoms with E-state index in [0.29, 0.717) is 18.8 Å². The summed E-state index contributed by atoms with van der Waals surface area (Å²) in [6.07, 6.45) is 2.20. The Bertz CT molecular complexity index is 378. The van der Waals surface area contributed by atoms with Crippen molar-refractivity contribution in [2.24, 2.45) is 5.41 Å². The van der Waals surface area contributed by atoms with E-state index in [9.17, 15) is 0 Å². The predicted octanol–water partition coefficient (Wildman–Crippen LogP) is 2.34. The van der Waals surface area contributed by atoms with Gasteiger partial charge < -0.3 is 15.2 Å². The Morgan fingerprint density at radius 2 is 2.05 bits per heavy atom. The normalized spacial score (nSPS) is 25.0. The standard InChI is InChI=1S/C16H25NO2/c1-16(2)14(17-9-6-10-18)11-15(16)19-12-13-7-4-3-5-8-13/h3-5,7-8,14-15,17-18H,6,9-12H2,1-2H3. The molecular weight excluding hydrogens is 238 g/mol. The van der Waals surface area contributed by atoms with Crippen molar-refractivity contribution in [1.82, 2.24) is 5.32 Å². The third-order valence-corrected chi connectivity index (χ3v) is 4.20. The van der Waals surface area contributed by atoms with Gasteiger partial charge in [-0.25, -0.2) is 0 Å². The van der Waals surface area contributed by atoms with Crippen LogP contribution < -0.4 is 5.32 Å². The number of aliphatic hydroxyl groups excluding tert-OH is 1. The fourth-order valence-electron chi connectivity index (χ4n) is 2.64. The topological polar surface area (TPSA) is 41.5 Å². The minimum absolute atomic E-state index is 0.171. The summed E-state index contributed by atoms with van der Waals surface area (Å²) in [6.45, 7) is 6.34. The Labute approximate surface area is 116 Å². The molecule has 19 heavy (non-hydrogen) atoms. The van der Waals surface area contributed by atoms with E-state index in [0.717, 1.165) is 19.4 Å². The molecule has 1 aromatic rings. The summed E-state index contributed by atoms with van der Waals surface area (Å²) in [5, 5.41) is 12.3. The van der Waals surface area contributed by atoms with Crippen molar-refractivity contribution in [1.29, 1.82) is 0 Å². The van der Waals surface area contributed by atoms with Crippen molar-refractivity contribution < 1.29 is 9.84 Å². The van der Waals surface area contributed by atoms with Crippen LogP contribution in [-0.2, 0) is 11.3 Å². The largest absolute Gasteiger partial charge is 0.396 e. The maximum Gasteiger partial charge on any atom is 0.0720 e. The van der Waals surface area contributed by atoms with Gasteiger partial charge in [0.1, 0.15) is 0 Å². The SMILES string of the molecule is CC1(C)C(NCCCO)CC1OCc1ccccc1. The average molecular weight is 263 g/mol. The molecule has 0 spiro atoms. The van der Waals surface area contributed by atoms with E-state index in [4.69, 9.17) is 9.84 Å². The van der Waals surface area contributed by atoms with Gasteiger partial charge >= 0.3 is 0 Å². The molecule has 1 fully saturated rings. The molecule has 1 aliphatic carbocycles. The smallest absolute Gasteiger partial charge is 0.0720 e. The summed E-state index contributed by atoms with van der Waals surface area (Å²) in [4.78, 5) is 0. The first-order valence-corrected chi connectivity index (χ1v) is 7.14. The second-order valence-corrected chi connectivity index (χ2v) is 5.93. The summed E-state index contributed by atoms with van der Waals surface area (Å²) in [7, 11) is 0. The summed E-state index contributed by atoms with van der Waals surface area (Å²) >= 11 is 0. The van der Waals surface area contributed by atoms with Crippen LogP contribution in [0.15, 0.2) is 30.3 Å². The first kappa shape index (κ1) is 14.5. The molecule has 0 bridgehead atoms. The number of benzene rings is 1. The zero-order chi connectivity index (χ0) is 13.7. The van der Waals surface area contributed by atoms with Gasteiger partial charge in [0.05, 0.1) is 12.7 Å². The van der Waals surface area contributed by atoms with Crippen LogP contribution in [-0.4, -0.2) is 30.4 Å². The van der Waals surface area contributed by atoms with E-state index in [1.54, 1.807) is 0 Å². The van der Waals surface area contributed by atoms with Crippen LogP contribution in [0.4, 0.5) is 0 Å². The summed E-state index contributed by atoms with van der Waals surface area (Å²) in [5.41, 5.74) is 1.40. The maximum absolute atomic E-state index is 8.80. The lowest BCUT2D eigenvalue weighted by atomic mass is 9.64. The van der Waals surface area contributed by atoms with Crippen LogP contribution in [0.25, 0.3) is 0 Å². The number of rotatable bonds is 7. The highest BCUT2D eigenvalue weighted by Crippen LogP contribution is 2.43. The van der Waals surface area contributed by atoms with Gasteiger partial charge in [-0.15, -0.1) is 0 Å². The summed E-state index contributed by atoms with van der Waals surface area (Å²) in [6, 6.07) is 10.8. The molecule has 1 aliphatic rings. The van der Waals surface area contributed by atoms with Gasteiger partial charge in [-0.2, -0.15) is 0 Å². The van der Waals surface area contributed by atoms with Crippen molar-refractivity contribution in [3.05, 3.63) is 35.9 Å². The van der Waals surface area contributed by atoms with E-state index >= 15 is 0 Å². The fraction of sp³-hybridized carbons (Fsp3) is 0.625. The average Bonchev–Trinajstić information content (AvgIpc) is 2.42. The van der Waals surface area contributed by atoms with Crippen LogP contribution in [0.2, 0.25) is 0 Å². The number of hydrogen-bond donors (Lipinski definition) is 2. The second kappa shape index (κ2) is 6.51. The number of ether oxygens (including phenoxy) is 1. The molecular formula is C16H25NO2. The Kier molecular flexibility index (Phi) is 4.97. The van der Waals surface area contributed by atoms with Crippen molar-refractivity contribution in [2.45, 2.75) is 45.4 Å². The highest BCUT2D eigenvalue weighted by atomic mass is 16.5. The van der Waals surface area contributed by atoms with Gasteiger partial charge in [0.2, 0.25) is 0 Å². The molecule has 106 valence electrons. The molecule has 2 unspecified atom stereocenters. The molecule has 2 N–H and O–H groups in total. The Morgan fingerprint density at radius 3 is 2.68 bits per heavy atom. The second-order valence-electron chi connectivity index (χ2n) is 5.93. The van der Waals surface area contributed by atoms with Crippen molar-refractivity contribution in [3.8, 4) is 0 Å². The van der Waals surface area contributed by atoms with Gasteiger partial charge in [-0.3, -0.25) is 0 Å². The quantitative estimate of drug-likeness (QED) is 0.742. The van der Waals surface area contributed by atoms with Crippen LogP contribution in [0.3, 0.4) is 0 Å². The van der Waals surface area contributed by atoms with E-state index in [1.807, 2.05) is 18.2 Å². The Hall–Kier alpha value is -0.900. The van der Waals surface area contributed by atoms with Gasteiger partial charge in [-0.05, 0) is 24.9 Å². The number of hydrogen-bond acceptors (Lipinski definition) is 3. The Morgan fingerprint density at radius 1 is 1.32 bits per heavy atom. The molecule has 1 saturated carbocycles. The van der Waals surface area contributed by atoms with Crippen molar-refractivity contribution in [3.63, 3.8) is 0 Å². The van der Waals surface area contributed by atoms with E-state index < -0.39 is 0 Å². The van der Waals surface area contributed by atoms with Crippen LogP contribution in [0, 0.1) is 5.41 Å². The van der Waals surface area contributed by atoms with Crippen LogP contribution >= 0.6 is 0 Å². The van der Waals surface area contributed by atoms with E-state index in [1.165, 1.54) is 5.56 Å². The van der Waals surface area contributed by atoms with Gasteiger partial charge in [0, 0.05) is 18.1 Å². The monoisotopic (exact) mass is 263 g/mol. The van der Waals surface area contributed by atoms with Gasteiger partial charge in [0.15, 0.2) is 0 Å². The molecule has 0 radical (unpaired) electrons. The number of aliphatic hydroxyl groups is 1. The van der Waals surface area contributed by atoms with Gasteiger partial charge in [0.25, 0.3) is 0 Å². The first-order chi connectivity index (χ1) is 9.14. The lowest BCUT2D eigenvalue weighted by molar-refractivity contribution is -0.124. The van der Waals surface area contributed by atoms with E-state index in [2.05, 4.69) is 31.3 Å². The molecule has 0 aromatic heterocycles. The molecule has 0 saturated heterocycles. The zero-order valence-electron chi connectivity index (χ0n) is 11.9. The highest BCUT2D eigenvalue weighted by Gasteiger charge is 2.48. The Balaban J connectivity index is 1.75. The third kappa shape index (κ3) is 3.56. The van der Waals surface area contributed by atoms with Crippen molar-refractivity contribution in [2.75, 3.05) is 13.2 Å². The molecule has 2 rings (SSSR count). The summed E-state index contributed by atoms with van der Waals surface area (Å²) < 4.78 is 6.03. The predicted molar refractivity (Wildman–Crippen MR) is 76.9 cm³/mol. The highest BCUT2D eigenvalue weighted by molar-refractivity contribution is 5.14. The number of nitrogens with one attached hydrogen (secondary N) is 1. The fourth-order valence-corrected chi connectivity index (χ4v) is 2.64. The van der Waals surface area contributed by atoms with E-state index in [-0.39, 0.29) is 12.0 Å². The summed E-state index contributed by atoms with van der Waals surface area (Å²) in [5.74, 6) is 0. The van der Waals surface area contributed by atoms with Gasteiger partial charge in [-0.1, -0.05) is 44.2 Å². The lowest BCUT2D eigenvalue weighted by Gasteiger charge is -2.52. The zero-order valence-corrected chi connectivity index (χ0v) is 11.9. The molecule has 0 aliphatic heterocycles. The maximum atomic E-state index is 8.80. The molecule has 0 heterocycles. The van der Waals surface area contributed by atoms with Crippen LogP contribution in [0.5, 0.6) is 0 Å². The minimum atomic E-state index is 0.171. The first-order valence-electron chi connectivity index (χ1n) is 7.14. The lowest BCUT2D eigenvalue weighted by Crippen LogP contribution is -2.61. The van der Waals surface area contributed by atoms with Crippen LogP contribution in [0.1, 0.15) is 32.3 Å². The third-order valence-electron chi connectivity index (χ3n) is 4.20. The van der Waals surface area contributed by atoms with Crippen molar-refractivity contribution >= 4 is 0 Å². The minimum Gasteiger partial charge on any atom is -0.396 e. The molecule has 2 atom stereocenters. The molecule has 1 aromatic carbocycles. The molecule has 0 amide bonds.